The third kappa shape index (κ3) is 3.16. The van der Waals surface area contributed by atoms with Gasteiger partial charge in [0.2, 0.25) is 5.89 Å². The fourth-order valence-corrected chi connectivity index (χ4v) is 3.70. The number of likely N-dealkylation sites (tertiary alicyclic amines) is 1. The van der Waals surface area contributed by atoms with Gasteiger partial charge in [0.05, 0.1) is 18.3 Å². The molecule has 118 valence electrons. The lowest BCUT2D eigenvalue weighted by Crippen LogP contribution is -2.52. The zero-order chi connectivity index (χ0) is 15.1. The highest BCUT2D eigenvalue weighted by Gasteiger charge is 2.42. The van der Waals surface area contributed by atoms with Crippen molar-refractivity contribution in [2.24, 2.45) is 5.92 Å². The summed E-state index contributed by atoms with van der Waals surface area (Å²) in [7, 11) is 0. The van der Waals surface area contributed by atoms with Crippen molar-refractivity contribution in [3.8, 4) is 0 Å². The van der Waals surface area contributed by atoms with E-state index in [9.17, 15) is 5.11 Å². The molecule has 0 bridgehead atoms. The van der Waals surface area contributed by atoms with Crippen LogP contribution in [0.5, 0.6) is 0 Å². The van der Waals surface area contributed by atoms with Gasteiger partial charge in [0, 0.05) is 24.4 Å². The van der Waals surface area contributed by atoms with Crippen LogP contribution in [0.3, 0.4) is 0 Å². The predicted molar refractivity (Wildman–Crippen MR) is 82.0 cm³/mol. The summed E-state index contributed by atoms with van der Waals surface area (Å²) in [6.45, 7) is 9.10. The Morgan fingerprint density at radius 3 is 2.90 bits per heavy atom. The van der Waals surface area contributed by atoms with Crippen molar-refractivity contribution in [1.82, 2.24) is 9.88 Å². The second-order valence-corrected chi connectivity index (χ2v) is 7.90. The lowest BCUT2D eigenvalue weighted by molar-refractivity contribution is -0.0978. The summed E-state index contributed by atoms with van der Waals surface area (Å²) < 4.78 is 5.90. The fraction of sp³-hybridized carbons (Fsp3) is 0.824. The molecule has 0 aromatic carbocycles. The minimum atomic E-state index is -0.401. The topological polar surface area (TPSA) is 49.5 Å². The quantitative estimate of drug-likeness (QED) is 0.910. The lowest BCUT2D eigenvalue weighted by atomic mass is 9.71. The Kier molecular flexibility index (Phi) is 3.87. The monoisotopic (exact) mass is 292 g/mol. The summed E-state index contributed by atoms with van der Waals surface area (Å²) in [5.74, 6) is 2.18. The summed E-state index contributed by atoms with van der Waals surface area (Å²) in [6.07, 6.45) is 7.33. The van der Waals surface area contributed by atoms with Gasteiger partial charge in [-0.1, -0.05) is 33.6 Å². The second kappa shape index (κ2) is 5.40. The van der Waals surface area contributed by atoms with Gasteiger partial charge in [0.25, 0.3) is 0 Å². The molecule has 1 aliphatic heterocycles. The Morgan fingerprint density at radius 1 is 1.38 bits per heavy atom. The van der Waals surface area contributed by atoms with E-state index >= 15 is 0 Å². The highest BCUT2D eigenvalue weighted by Crippen LogP contribution is 2.40. The molecule has 21 heavy (non-hydrogen) atoms. The van der Waals surface area contributed by atoms with Gasteiger partial charge in [0.1, 0.15) is 5.76 Å². The van der Waals surface area contributed by atoms with Crippen LogP contribution in [0.4, 0.5) is 0 Å². The molecule has 2 heterocycles. The first-order valence-corrected chi connectivity index (χ1v) is 8.27. The minimum Gasteiger partial charge on any atom is -0.444 e. The van der Waals surface area contributed by atoms with Crippen LogP contribution in [-0.4, -0.2) is 33.7 Å². The fourth-order valence-electron chi connectivity index (χ4n) is 3.70. The highest BCUT2D eigenvalue weighted by atomic mass is 16.4. The maximum absolute atomic E-state index is 10.7. The molecule has 0 radical (unpaired) electrons. The van der Waals surface area contributed by atoms with Gasteiger partial charge in [0.15, 0.2) is 0 Å². The Bertz CT molecular complexity index is 491. The van der Waals surface area contributed by atoms with E-state index in [1.54, 1.807) is 0 Å². The molecule has 0 spiro atoms. The van der Waals surface area contributed by atoms with Gasteiger partial charge in [-0.25, -0.2) is 4.98 Å². The first-order chi connectivity index (χ1) is 9.87. The molecule has 4 heteroatoms. The normalized spacial score (nSPS) is 31.1. The first-order valence-electron chi connectivity index (χ1n) is 8.27. The molecule has 1 aliphatic carbocycles. The molecule has 1 saturated heterocycles. The number of hydrogen-bond donors (Lipinski definition) is 1. The number of fused-ring (bicyclic) bond motifs is 1. The van der Waals surface area contributed by atoms with Crippen LogP contribution in [0.25, 0.3) is 0 Å². The van der Waals surface area contributed by atoms with E-state index in [1.807, 2.05) is 6.20 Å². The van der Waals surface area contributed by atoms with Crippen LogP contribution in [0.1, 0.15) is 64.5 Å². The van der Waals surface area contributed by atoms with Crippen LogP contribution in [0.2, 0.25) is 0 Å². The van der Waals surface area contributed by atoms with Crippen LogP contribution in [0, 0.1) is 5.92 Å². The van der Waals surface area contributed by atoms with Crippen molar-refractivity contribution in [3.05, 3.63) is 17.8 Å². The molecule has 2 fully saturated rings. The number of rotatable bonds is 2. The van der Waals surface area contributed by atoms with Crippen LogP contribution in [-0.2, 0) is 12.0 Å². The van der Waals surface area contributed by atoms with Crippen molar-refractivity contribution < 1.29 is 9.52 Å². The maximum Gasteiger partial charge on any atom is 0.208 e. The summed E-state index contributed by atoms with van der Waals surface area (Å²) >= 11 is 0. The number of aromatic nitrogens is 1. The standard InChI is InChI=1S/C17H28N2O2/c1-16(2,3)14-10-18-15(21-14)12-19-9-8-17(20)7-5-4-6-13(17)11-19/h10,13,20H,4-9,11-12H2,1-3H3. The number of oxazole rings is 1. The zero-order valence-corrected chi connectivity index (χ0v) is 13.6. The molecule has 1 aromatic heterocycles. The molecule has 0 amide bonds. The van der Waals surface area contributed by atoms with Gasteiger partial charge in [-0.2, -0.15) is 0 Å². The van der Waals surface area contributed by atoms with Gasteiger partial charge >= 0.3 is 0 Å². The van der Waals surface area contributed by atoms with Crippen molar-refractivity contribution in [2.45, 2.75) is 70.4 Å². The Balaban J connectivity index is 1.63. The largest absolute Gasteiger partial charge is 0.444 e. The number of piperidine rings is 1. The Morgan fingerprint density at radius 2 is 2.19 bits per heavy atom. The summed E-state index contributed by atoms with van der Waals surface area (Å²) in [5, 5.41) is 10.7. The summed E-state index contributed by atoms with van der Waals surface area (Å²) in [6, 6.07) is 0. The molecule has 1 saturated carbocycles. The Hall–Kier alpha value is -0.870. The van der Waals surface area contributed by atoms with Crippen molar-refractivity contribution in [2.75, 3.05) is 13.1 Å². The number of aliphatic hydroxyl groups is 1. The number of nitrogens with zero attached hydrogens (tertiary/aromatic N) is 2. The minimum absolute atomic E-state index is 0.0107. The smallest absolute Gasteiger partial charge is 0.208 e. The van der Waals surface area contributed by atoms with Crippen molar-refractivity contribution in [3.63, 3.8) is 0 Å². The number of hydrogen-bond acceptors (Lipinski definition) is 4. The average molecular weight is 292 g/mol. The van der Waals surface area contributed by atoms with Gasteiger partial charge in [-0.3, -0.25) is 4.90 Å². The average Bonchev–Trinajstić information content (AvgIpc) is 2.87. The van der Waals surface area contributed by atoms with E-state index in [4.69, 9.17) is 4.42 Å². The van der Waals surface area contributed by atoms with E-state index in [1.165, 1.54) is 12.8 Å². The van der Waals surface area contributed by atoms with Crippen molar-refractivity contribution in [1.29, 1.82) is 0 Å². The third-order valence-electron chi connectivity index (χ3n) is 5.16. The molecule has 2 atom stereocenters. The van der Waals surface area contributed by atoms with E-state index in [0.29, 0.717) is 5.92 Å². The summed E-state index contributed by atoms with van der Waals surface area (Å²) in [4.78, 5) is 6.82. The molecular weight excluding hydrogens is 264 g/mol. The molecule has 2 unspecified atom stereocenters. The summed E-state index contributed by atoms with van der Waals surface area (Å²) in [5.41, 5.74) is -0.390. The molecule has 4 nitrogen and oxygen atoms in total. The van der Waals surface area contributed by atoms with Gasteiger partial charge < -0.3 is 9.52 Å². The Labute approximate surface area is 127 Å². The SMILES string of the molecule is CC(C)(C)c1cnc(CN2CCC3(O)CCCCC3C2)o1. The van der Waals surface area contributed by atoms with E-state index < -0.39 is 5.60 Å². The molecule has 1 N–H and O–H groups in total. The molecule has 3 rings (SSSR count). The predicted octanol–water partition coefficient (Wildman–Crippen LogP) is 3.10. The third-order valence-corrected chi connectivity index (χ3v) is 5.16. The van der Waals surface area contributed by atoms with Crippen LogP contribution >= 0.6 is 0 Å². The zero-order valence-electron chi connectivity index (χ0n) is 13.6. The van der Waals surface area contributed by atoms with E-state index in [2.05, 4.69) is 30.7 Å². The van der Waals surface area contributed by atoms with Gasteiger partial charge in [-0.05, 0) is 19.3 Å². The molecular formula is C17H28N2O2. The molecule has 2 aliphatic rings. The maximum atomic E-state index is 10.7. The highest BCUT2D eigenvalue weighted by molar-refractivity contribution is 5.06. The molecule has 1 aromatic rings. The van der Waals surface area contributed by atoms with Gasteiger partial charge in [-0.15, -0.1) is 0 Å². The second-order valence-electron chi connectivity index (χ2n) is 7.90. The van der Waals surface area contributed by atoms with E-state index in [0.717, 1.165) is 50.5 Å². The van der Waals surface area contributed by atoms with Crippen LogP contribution in [0.15, 0.2) is 10.6 Å². The van der Waals surface area contributed by atoms with Crippen LogP contribution < -0.4 is 0 Å². The van der Waals surface area contributed by atoms with E-state index in [-0.39, 0.29) is 5.41 Å². The lowest BCUT2D eigenvalue weighted by Gasteiger charge is -2.47. The first kappa shape index (κ1) is 15.0. The van der Waals surface area contributed by atoms with Crippen molar-refractivity contribution >= 4 is 0 Å².